The van der Waals surface area contributed by atoms with Gasteiger partial charge in [0.25, 0.3) is 0 Å². The number of aryl methyl sites for hydroxylation is 1. The maximum Gasteiger partial charge on any atom is 0.221 e. The van der Waals surface area contributed by atoms with E-state index in [9.17, 15) is 4.79 Å². The molecule has 7 heteroatoms. The van der Waals surface area contributed by atoms with Gasteiger partial charge in [-0.15, -0.1) is 11.3 Å². The third kappa shape index (κ3) is 5.14. The van der Waals surface area contributed by atoms with Crippen molar-refractivity contribution >= 4 is 33.3 Å². The molecule has 0 radical (unpaired) electrons. The molecular weight excluding hydrogens is 322 g/mol. The van der Waals surface area contributed by atoms with Gasteiger partial charge in [0.1, 0.15) is 17.0 Å². The molecule has 0 aliphatic carbocycles. The summed E-state index contributed by atoms with van der Waals surface area (Å²) in [5.74, 6) is 0.881. The summed E-state index contributed by atoms with van der Waals surface area (Å²) in [5.41, 5.74) is 0. The van der Waals surface area contributed by atoms with Gasteiger partial charge in [-0.1, -0.05) is 20.8 Å². The molecule has 0 aliphatic rings. The van der Waals surface area contributed by atoms with Crippen molar-refractivity contribution in [3.63, 3.8) is 0 Å². The van der Waals surface area contributed by atoms with Gasteiger partial charge in [-0.25, -0.2) is 9.97 Å². The summed E-state index contributed by atoms with van der Waals surface area (Å²) in [6.45, 7) is 10.6. The van der Waals surface area contributed by atoms with Crippen molar-refractivity contribution in [3.8, 4) is 0 Å². The lowest BCUT2D eigenvalue weighted by molar-refractivity contribution is -0.120. The lowest BCUT2D eigenvalue weighted by Gasteiger charge is -2.17. The highest BCUT2D eigenvalue weighted by atomic mass is 32.1. The van der Waals surface area contributed by atoms with E-state index in [4.69, 9.17) is 0 Å². The van der Waals surface area contributed by atoms with Crippen molar-refractivity contribution in [3.05, 3.63) is 17.3 Å². The van der Waals surface area contributed by atoms with Crippen LogP contribution in [0.5, 0.6) is 0 Å². The van der Waals surface area contributed by atoms with Crippen LogP contribution in [0.15, 0.2) is 12.4 Å². The predicted molar refractivity (Wildman–Crippen MR) is 101 cm³/mol. The van der Waals surface area contributed by atoms with Crippen LogP contribution in [0.2, 0.25) is 0 Å². The number of thiophene rings is 1. The number of anilines is 1. The summed E-state index contributed by atoms with van der Waals surface area (Å²) in [6, 6.07) is 2.13. The maximum absolute atomic E-state index is 11.9. The zero-order valence-electron chi connectivity index (χ0n) is 14.8. The fourth-order valence-electron chi connectivity index (χ4n) is 2.50. The van der Waals surface area contributed by atoms with E-state index in [2.05, 4.69) is 52.3 Å². The lowest BCUT2D eigenvalue weighted by Crippen LogP contribution is -2.35. The minimum Gasteiger partial charge on any atom is -0.369 e. The first-order valence-electron chi connectivity index (χ1n) is 8.64. The number of nitrogens with zero attached hydrogens (tertiary/aromatic N) is 3. The Morgan fingerprint density at radius 1 is 1.21 bits per heavy atom. The van der Waals surface area contributed by atoms with Crippen molar-refractivity contribution in [2.45, 2.75) is 33.6 Å². The summed E-state index contributed by atoms with van der Waals surface area (Å²) < 4.78 is 0. The molecule has 24 heavy (non-hydrogen) atoms. The zero-order chi connectivity index (χ0) is 17.4. The molecule has 0 atom stereocenters. The van der Waals surface area contributed by atoms with Gasteiger partial charge in [0.15, 0.2) is 0 Å². The lowest BCUT2D eigenvalue weighted by atomic mass is 10.3. The molecule has 0 saturated heterocycles. The van der Waals surface area contributed by atoms with Gasteiger partial charge in [0.2, 0.25) is 5.91 Å². The highest BCUT2D eigenvalue weighted by Gasteiger charge is 2.08. The third-order valence-corrected chi connectivity index (χ3v) is 5.21. The molecule has 2 aromatic heterocycles. The smallest absolute Gasteiger partial charge is 0.221 e. The molecule has 0 fully saturated rings. The second kappa shape index (κ2) is 9.54. The highest BCUT2D eigenvalue weighted by molar-refractivity contribution is 7.18. The monoisotopic (exact) mass is 349 g/mol. The fourth-order valence-corrected chi connectivity index (χ4v) is 3.43. The van der Waals surface area contributed by atoms with Gasteiger partial charge >= 0.3 is 0 Å². The van der Waals surface area contributed by atoms with Gasteiger partial charge in [-0.05, 0) is 25.6 Å². The van der Waals surface area contributed by atoms with Crippen LogP contribution in [0.3, 0.4) is 0 Å². The van der Waals surface area contributed by atoms with Crippen molar-refractivity contribution in [2.24, 2.45) is 0 Å². The van der Waals surface area contributed by atoms with E-state index < -0.39 is 0 Å². The van der Waals surface area contributed by atoms with Crippen LogP contribution < -0.4 is 10.6 Å². The molecule has 2 aromatic rings. The first kappa shape index (κ1) is 18.6. The molecule has 2 rings (SSSR count). The number of carbonyl (C=O) groups is 1. The summed E-state index contributed by atoms with van der Waals surface area (Å²) in [5, 5.41) is 7.27. The van der Waals surface area contributed by atoms with Gasteiger partial charge in [-0.2, -0.15) is 0 Å². The highest BCUT2D eigenvalue weighted by Crippen LogP contribution is 2.28. The molecule has 0 saturated carbocycles. The predicted octanol–water partition coefficient (Wildman–Crippen LogP) is 2.51. The Labute approximate surface area is 147 Å². The standard InChI is InChI=1S/C17H27N5OS/c1-4-13-11-14-16(20-12-21-17(14)24-13)19-8-7-15(23)18-9-10-22(5-2)6-3/h11-12H,4-10H2,1-3H3,(H,18,23)(H,19,20,21). The maximum atomic E-state index is 11.9. The fraction of sp³-hybridized carbons (Fsp3) is 0.588. The number of nitrogens with one attached hydrogen (secondary N) is 2. The summed E-state index contributed by atoms with van der Waals surface area (Å²) in [6.07, 6.45) is 3.01. The molecule has 2 N–H and O–H groups in total. The van der Waals surface area contributed by atoms with E-state index in [1.54, 1.807) is 17.7 Å². The molecule has 0 aliphatic heterocycles. The van der Waals surface area contributed by atoms with Crippen molar-refractivity contribution in [1.29, 1.82) is 0 Å². The van der Waals surface area contributed by atoms with Crippen LogP contribution in [-0.4, -0.2) is 53.5 Å². The SMILES string of the molecule is CCc1cc2c(NCCC(=O)NCCN(CC)CC)ncnc2s1. The Balaban J connectivity index is 1.77. The Morgan fingerprint density at radius 2 is 2.00 bits per heavy atom. The number of amides is 1. The van der Waals surface area contributed by atoms with Crippen LogP contribution in [0.25, 0.3) is 10.2 Å². The van der Waals surface area contributed by atoms with Crippen molar-refractivity contribution in [2.75, 3.05) is 38.0 Å². The van der Waals surface area contributed by atoms with Gasteiger partial charge in [0, 0.05) is 30.9 Å². The largest absolute Gasteiger partial charge is 0.369 e. The minimum absolute atomic E-state index is 0.0690. The van der Waals surface area contributed by atoms with Crippen LogP contribution >= 0.6 is 11.3 Å². The van der Waals surface area contributed by atoms with E-state index in [0.29, 0.717) is 19.5 Å². The second-order valence-corrected chi connectivity index (χ2v) is 6.68. The molecule has 0 aromatic carbocycles. The van der Waals surface area contributed by atoms with Crippen LogP contribution in [0.1, 0.15) is 32.1 Å². The van der Waals surface area contributed by atoms with Crippen molar-refractivity contribution < 1.29 is 4.79 Å². The van der Waals surface area contributed by atoms with Gasteiger partial charge < -0.3 is 15.5 Å². The second-order valence-electron chi connectivity index (χ2n) is 5.56. The summed E-state index contributed by atoms with van der Waals surface area (Å²) in [7, 11) is 0. The quantitative estimate of drug-likeness (QED) is 0.690. The number of rotatable bonds is 10. The molecule has 0 bridgehead atoms. The number of fused-ring (bicyclic) bond motifs is 1. The molecule has 2 heterocycles. The third-order valence-electron chi connectivity index (χ3n) is 4.02. The van der Waals surface area contributed by atoms with E-state index in [1.807, 2.05) is 0 Å². The molecular formula is C17H27N5OS. The minimum atomic E-state index is 0.0690. The Morgan fingerprint density at radius 3 is 2.71 bits per heavy atom. The van der Waals surface area contributed by atoms with Crippen LogP contribution in [0, 0.1) is 0 Å². The molecule has 1 amide bonds. The topological polar surface area (TPSA) is 70.2 Å². The zero-order valence-corrected chi connectivity index (χ0v) is 15.6. The van der Waals surface area contributed by atoms with Gasteiger partial charge in [-0.3, -0.25) is 4.79 Å². The Bertz CT molecular complexity index is 653. The van der Waals surface area contributed by atoms with Crippen LogP contribution in [0.4, 0.5) is 5.82 Å². The molecule has 0 spiro atoms. The molecule has 6 nitrogen and oxygen atoms in total. The van der Waals surface area contributed by atoms with E-state index in [0.717, 1.165) is 42.1 Å². The average molecular weight is 350 g/mol. The average Bonchev–Trinajstić information content (AvgIpc) is 3.03. The number of hydrogen-bond acceptors (Lipinski definition) is 6. The summed E-state index contributed by atoms with van der Waals surface area (Å²) >= 11 is 1.69. The number of likely N-dealkylation sites (N-methyl/N-ethyl adjacent to an activating group) is 1. The summed E-state index contributed by atoms with van der Waals surface area (Å²) in [4.78, 5) is 25.1. The number of aromatic nitrogens is 2. The first-order valence-corrected chi connectivity index (χ1v) is 9.45. The van der Waals surface area contributed by atoms with Crippen LogP contribution in [-0.2, 0) is 11.2 Å². The number of hydrogen-bond donors (Lipinski definition) is 2. The Hall–Kier alpha value is -1.73. The molecule has 0 unspecified atom stereocenters. The molecule has 132 valence electrons. The Kier molecular flexibility index (Phi) is 7.39. The normalized spacial score (nSPS) is 11.2. The number of carbonyl (C=O) groups excluding carboxylic acids is 1. The van der Waals surface area contributed by atoms with E-state index in [-0.39, 0.29) is 5.91 Å². The van der Waals surface area contributed by atoms with Crippen molar-refractivity contribution in [1.82, 2.24) is 20.2 Å². The van der Waals surface area contributed by atoms with E-state index >= 15 is 0 Å². The van der Waals surface area contributed by atoms with Gasteiger partial charge in [0.05, 0.1) is 5.39 Å². The first-order chi connectivity index (χ1) is 11.7. The van der Waals surface area contributed by atoms with E-state index in [1.165, 1.54) is 4.88 Å².